The quantitative estimate of drug-likeness (QED) is 0.193. The topological polar surface area (TPSA) is 86.0 Å². The number of benzene rings is 6. The van der Waals surface area contributed by atoms with Gasteiger partial charge in [0.25, 0.3) is 0 Å². The second-order valence-electron chi connectivity index (χ2n) is 11.7. The molecule has 0 unspecified atom stereocenters. The minimum Gasteiger partial charge on any atom is -0.456 e. The van der Waals surface area contributed by atoms with Gasteiger partial charge in [-0.05, 0) is 52.6 Å². The molecule has 2 aromatic heterocycles. The number of nitrogens with zero attached hydrogens (tertiary/aromatic N) is 3. The molecule has 0 amide bonds. The third-order valence-electron chi connectivity index (χ3n) is 8.75. The highest BCUT2D eigenvalue weighted by atomic mass is 32.2. The smallest absolute Gasteiger partial charge is 0.183 e. The summed E-state index contributed by atoms with van der Waals surface area (Å²) >= 11 is 0. The predicted molar refractivity (Wildman–Crippen MR) is 185 cm³/mol. The van der Waals surface area contributed by atoms with Crippen LogP contribution in [-0.2, 0) is 15.6 Å². The van der Waals surface area contributed by atoms with Crippen molar-refractivity contribution in [2.75, 3.05) is 0 Å². The van der Waals surface area contributed by atoms with Crippen molar-refractivity contribution in [1.29, 1.82) is 0 Å². The largest absolute Gasteiger partial charge is 0.456 e. The van der Waals surface area contributed by atoms with E-state index in [1.165, 1.54) is 0 Å². The van der Waals surface area contributed by atoms with Gasteiger partial charge in [-0.1, -0.05) is 109 Å². The van der Waals surface area contributed by atoms with E-state index in [0.29, 0.717) is 28.6 Å². The minimum absolute atomic E-state index is 0.0419. The Labute approximate surface area is 271 Å². The average molecular weight is 628 g/mol. The van der Waals surface area contributed by atoms with Gasteiger partial charge in [-0.15, -0.1) is 0 Å². The summed E-state index contributed by atoms with van der Waals surface area (Å²) < 4.78 is 33.0. The summed E-state index contributed by atoms with van der Waals surface area (Å²) in [6.07, 6.45) is 0. The number of para-hydroxylation sites is 1. The van der Waals surface area contributed by atoms with Crippen LogP contribution in [0.4, 0.5) is 0 Å². The molecule has 6 nitrogen and oxygen atoms in total. The van der Waals surface area contributed by atoms with Crippen LogP contribution in [0.15, 0.2) is 149 Å². The molecule has 224 valence electrons. The number of hydrogen-bond donors (Lipinski definition) is 0. The van der Waals surface area contributed by atoms with Crippen LogP contribution >= 0.6 is 0 Å². The van der Waals surface area contributed by atoms with Gasteiger partial charge in [0.05, 0.1) is 10.6 Å². The number of hydrogen-bond acceptors (Lipinski definition) is 6. The first-order valence-electron chi connectivity index (χ1n) is 15.3. The van der Waals surface area contributed by atoms with E-state index >= 15 is 0 Å². The molecule has 0 radical (unpaired) electrons. The van der Waals surface area contributed by atoms with E-state index in [1.807, 2.05) is 109 Å². The Morgan fingerprint density at radius 3 is 1.85 bits per heavy atom. The van der Waals surface area contributed by atoms with E-state index in [4.69, 9.17) is 19.4 Å². The lowest BCUT2D eigenvalue weighted by molar-refractivity contribution is 0.594. The number of furan rings is 1. The van der Waals surface area contributed by atoms with Crippen molar-refractivity contribution in [2.45, 2.75) is 10.6 Å². The van der Waals surface area contributed by atoms with Crippen LogP contribution in [0.1, 0.15) is 5.56 Å². The van der Waals surface area contributed by atoms with Crippen molar-refractivity contribution in [3.8, 4) is 56.4 Å². The summed E-state index contributed by atoms with van der Waals surface area (Å²) in [7, 11) is -3.56. The monoisotopic (exact) mass is 627 g/mol. The van der Waals surface area contributed by atoms with Crippen LogP contribution in [0.3, 0.4) is 0 Å². The van der Waals surface area contributed by atoms with Gasteiger partial charge >= 0.3 is 0 Å². The van der Waals surface area contributed by atoms with Crippen LogP contribution in [0.5, 0.6) is 0 Å². The summed E-state index contributed by atoms with van der Waals surface area (Å²) in [5, 5.41) is 1.97. The minimum atomic E-state index is -3.56. The van der Waals surface area contributed by atoms with Crippen LogP contribution in [-0.4, -0.2) is 23.4 Å². The summed E-state index contributed by atoms with van der Waals surface area (Å²) in [6, 6.07) is 45.3. The van der Waals surface area contributed by atoms with Crippen LogP contribution in [0.2, 0.25) is 0 Å². The molecule has 0 bridgehead atoms. The van der Waals surface area contributed by atoms with E-state index in [-0.39, 0.29) is 10.6 Å². The SMILES string of the molecule is O=S1(=O)Cc2ccccc2-c2ccc(-c3nc(-c4ccc(-c5ccccc5)cc4)nc(-c4ccc5oc6ccccc6c5c4)n3)cc21. The van der Waals surface area contributed by atoms with E-state index in [2.05, 4.69) is 24.3 Å². The third-order valence-corrected chi connectivity index (χ3v) is 10.4. The Hall–Kier alpha value is -5.92. The first-order chi connectivity index (χ1) is 23.0. The standard InChI is InChI=1S/C40H25N3O3S/c44-47(45)24-30-10-4-5-11-31(30)33-20-18-29(23-37(33)47)40-42-38(27-16-14-26(15-17-27)25-8-2-1-3-9-25)41-39(43-40)28-19-21-36-34(22-28)32-12-6-7-13-35(32)46-36/h1-23H,24H2. The highest BCUT2D eigenvalue weighted by Crippen LogP contribution is 2.40. The molecule has 9 rings (SSSR count). The molecular formula is C40H25N3O3S. The van der Waals surface area contributed by atoms with Gasteiger partial charge in [-0.25, -0.2) is 23.4 Å². The zero-order valence-corrected chi connectivity index (χ0v) is 25.8. The van der Waals surface area contributed by atoms with Crippen molar-refractivity contribution in [3.63, 3.8) is 0 Å². The first-order valence-corrected chi connectivity index (χ1v) is 16.9. The molecular weight excluding hydrogens is 603 g/mol. The maximum absolute atomic E-state index is 13.5. The highest BCUT2D eigenvalue weighted by molar-refractivity contribution is 7.90. The first kappa shape index (κ1) is 27.4. The summed E-state index contributed by atoms with van der Waals surface area (Å²) in [5.41, 5.74) is 8.45. The summed E-state index contributed by atoms with van der Waals surface area (Å²) in [5.74, 6) is 1.33. The number of sulfone groups is 1. The normalized spacial score (nSPS) is 13.4. The van der Waals surface area contributed by atoms with Crippen molar-refractivity contribution in [2.24, 2.45) is 0 Å². The fourth-order valence-electron chi connectivity index (χ4n) is 6.40. The predicted octanol–water partition coefficient (Wildman–Crippen LogP) is 9.39. The molecule has 0 fully saturated rings. The summed E-state index contributed by atoms with van der Waals surface area (Å²) in [4.78, 5) is 15.1. The van der Waals surface area contributed by atoms with E-state index in [9.17, 15) is 8.42 Å². The van der Waals surface area contributed by atoms with Gasteiger partial charge in [-0.2, -0.15) is 0 Å². The van der Waals surface area contributed by atoms with Gasteiger partial charge < -0.3 is 4.42 Å². The molecule has 0 N–H and O–H groups in total. The van der Waals surface area contributed by atoms with E-state index < -0.39 is 9.84 Å². The molecule has 1 aliphatic heterocycles. The highest BCUT2D eigenvalue weighted by Gasteiger charge is 2.28. The van der Waals surface area contributed by atoms with Crippen LogP contribution < -0.4 is 0 Å². The molecule has 0 saturated carbocycles. The van der Waals surface area contributed by atoms with Crippen LogP contribution in [0.25, 0.3) is 78.4 Å². The van der Waals surface area contributed by atoms with Crippen molar-refractivity contribution in [1.82, 2.24) is 15.0 Å². The molecule has 0 aliphatic carbocycles. The Morgan fingerprint density at radius 2 is 1.04 bits per heavy atom. The van der Waals surface area contributed by atoms with E-state index in [0.717, 1.165) is 55.3 Å². The maximum atomic E-state index is 13.5. The molecule has 8 aromatic rings. The Balaban J connectivity index is 1.22. The van der Waals surface area contributed by atoms with Crippen LogP contribution in [0, 0.1) is 0 Å². The second kappa shape index (κ2) is 10.6. The average Bonchev–Trinajstić information content (AvgIpc) is 3.50. The lowest BCUT2D eigenvalue weighted by Gasteiger charge is -2.20. The molecule has 0 spiro atoms. The molecule has 1 aliphatic rings. The fourth-order valence-corrected chi connectivity index (χ4v) is 8.04. The van der Waals surface area contributed by atoms with Gasteiger partial charge in [-0.3, -0.25) is 0 Å². The summed E-state index contributed by atoms with van der Waals surface area (Å²) in [6.45, 7) is 0. The molecule has 0 atom stereocenters. The number of aromatic nitrogens is 3. The molecule has 0 saturated heterocycles. The Kier molecular flexibility index (Phi) is 6.16. The number of fused-ring (bicyclic) bond motifs is 6. The maximum Gasteiger partial charge on any atom is 0.183 e. The number of rotatable bonds is 4. The lowest BCUT2D eigenvalue weighted by Crippen LogP contribution is -2.13. The lowest BCUT2D eigenvalue weighted by atomic mass is 9.98. The molecule has 7 heteroatoms. The zero-order valence-electron chi connectivity index (χ0n) is 25.0. The molecule has 47 heavy (non-hydrogen) atoms. The van der Waals surface area contributed by atoms with Gasteiger partial charge in [0.2, 0.25) is 0 Å². The Bertz CT molecular complexity index is 2610. The second-order valence-corrected chi connectivity index (χ2v) is 13.6. The van der Waals surface area contributed by atoms with Crippen molar-refractivity contribution in [3.05, 3.63) is 145 Å². The van der Waals surface area contributed by atoms with Gasteiger partial charge in [0.15, 0.2) is 27.3 Å². The molecule has 6 aromatic carbocycles. The fraction of sp³-hybridized carbons (Fsp3) is 0.0250. The van der Waals surface area contributed by atoms with Crippen molar-refractivity contribution >= 4 is 31.8 Å². The van der Waals surface area contributed by atoms with Crippen molar-refractivity contribution < 1.29 is 12.8 Å². The Morgan fingerprint density at radius 1 is 0.468 bits per heavy atom. The molecule has 3 heterocycles. The zero-order chi connectivity index (χ0) is 31.5. The third kappa shape index (κ3) is 4.71. The van der Waals surface area contributed by atoms with Gasteiger partial charge in [0.1, 0.15) is 11.2 Å². The van der Waals surface area contributed by atoms with Gasteiger partial charge in [0, 0.05) is 33.0 Å². The van der Waals surface area contributed by atoms with E-state index in [1.54, 1.807) is 6.07 Å².